The van der Waals surface area contributed by atoms with Crippen LogP contribution in [0.3, 0.4) is 0 Å². The number of alkyl carbamates (subject to hydrolysis) is 1. The van der Waals surface area contributed by atoms with E-state index in [1.165, 1.54) is 4.90 Å². The van der Waals surface area contributed by atoms with Gasteiger partial charge in [-0.2, -0.15) is 0 Å². The van der Waals surface area contributed by atoms with Gasteiger partial charge in [-0.1, -0.05) is 48.5 Å². The summed E-state index contributed by atoms with van der Waals surface area (Å²) in [6.07, 6.45) is 1.51. The van der Waals surface area contributed by atoms with Crippen LogP contribution in [-0.4, -0.2) is 65.9 Å². The van der Waals surface area contributed by atoms with Crippen molar-refractivity contribution in [3.63, 3.8) is 0 Å². The van der Waals surface area contributed by atoms with E-state index >= 15 is 0 Å². The Bertz CT molecular complexity index is 1080. The molecule has 1 aliphatic carbocycles. The Morgan fingerprint density at radius 3 is 2.29 bits per heavy atom. The van der Waals surface area contributed by atoms with E-state index in [0.29, 0.717) is 45.4 Å². The zero-order chi connectivity index (χ0) is 24.4. The Balaban J connectivity index is 1.27. The fourth-order valence-electron chi connectivity index (χ4n) is 5.67. The molecule has 2 fully saturated rings. The normalized spacial score (nSPS) is 20.7. The van der Waals surface area contributed by atoms with Crippen LogP contribution < -0.4 is 5.32 Å². The van der Waals surface area contributed by atoms with Crippen molar-refractivity contribution in [1.29, 1.82) is 0 Å². The molecule has 2 amide bonds. The van der Waals surface area contributed by atoms with E-state index in [4.69, 9.17) is 9.47 Å². The minimum atomic E-state index is -0.985. The molecule has 0 spiro atoms. The van der Waals surface area contributed by atoms with Gasteiger partial charge in [0.2, 0.25) is 5.91 Å². The lowest BCUT2D eigenvalue weighted by molar-refractivity contribution is -0.149. The zero-order valence-corrected chi connectivity index (χ0v) is 19.6. The first-order chi connectivity index (χ1) is 17.0. The van der Waals surface area contributed by atoms with Gasteiger partial charge >= 0.3 is 12.1 Å². The summed E-state index contributed by atoms with van der Waals surface area (Å²) in [4.78, 5) is 39.0. The van der Waals surface area contributed by atoms with E-state index in [1.807, 2.05) is 24.3 Å². The van der Waals surface area contributed by atoms with Gasteiger partial charge in [-0.15, -0.1) is 0 Å². The Kier molecular flexibility index (Phi) is 6.47. The zero-order valence-electron chi connectivity index (χ0n) is 19.6. The molecule has 1 atom stereocenters. The molecule has 2 aromatic carbocycles. The van der Waals surface area contributed by atoms with Gasteiger partial charge in [-0.3, -0.25) is 4.79 Å². The Morgan fingerprint density at radius 1 is 1.03 bits per heavy atom. The van der Waals surface area contributed by atoms with Crippen molar-refractivity contribution in [1.82, 2.24) is 10.2 Å². The van der Waals surface area contributed by atoms with Gasteiger partial charge in [-0.25, -0.2) is 9.59 Å². The molecule has 5 rings (SSSR count). The number of carbonyl (C=O) groups is 3. The number of nitrogens with one attached hydrogen (secondary N) is 1. The second-order valence-electron chi connectivity index (χ2n) is 9.60. The van der Waals surface area contributed by atoms with E-state index in [1.54, 1.807) is 0 Å². The van der Waals surface area contributed by atoms with E-state index < -0.39 is 23.6 Å². The van der Waals surface area contributed by atoms with Gasteiger partial charge in [0.1, 0.15) is 12.6 Å². The van der Waals surface area contributed by atoms with Crippen LogP contribution in [0.15, 0.2) is 48.5 Å². The Morgan fingerprint density at radius 2 is 1.66 bits per heavy atom. The van der Waals surface area contributed by atoms with Crippen LogP contribution in [0, 0.1) is 0 Å². The summed E-state index contributed by atoms with van der Waals surface area (Å²) in [7, 11) is 0. The molecule has 0 aromatic heterocycles. The number of amides is 2. The van der Waals surface area contributed by atoms with Crippen molar-refractivity contribution in [3.05, 3.63) is 59.7 Å². The van der Waals surface area contributed by atoms with E-state index in [2.05, 4.69) is 29.6 Å². The highest BCUT2D eigenvalue weighted by Gasteiger charge is 2.42. The molecule has 2 aliphatic heterocycles. The molecule has 2 saturated heterocycles. The summed E-state index contributed by atoms with van der Waals surface area (Å²) in [6, 6.07) is 15.5. The van der Waals surface area contributed by atoms with Crippen LogP contribution >= 0.6 is 0 Å². The predicted octanol–water partition coefficient (Wildman–Crippen LogP) is 3.54. The number of benzene rings is 2. The lowest BCUT2D eigenvalue weighted by Crippen LogP contribution is -2.55. The van der Waals surface area contributed by atoms with Crippen molar-refractivity contribution in [2.75, 3.05) is 26.4 Å². The van der Waals surface area contributed by atoms with Gasteiger partial charge in [0, 0.05) is 25.7 Å². The molecule has 1 unspecified atom stereocenters. The van der Waals surface area contributed by atoms with Gasteiger partial charge in [0.05, 0.1) is 12.0 Å². The van der Waals surface area contributed by atoms with Crippen LogP contribution in [-0.2, 0) is 19.1 Å². The molecule has 2 N–H and O–H groups in total. The number of likely N-dealkylation sites (tertiary alicyclic amines) is 1. The Labute approximate surface area is 204 Å². The van der Waals surface area contributed by atoms with Crippen molar-refractivity contribution in [3.8, 4) is 11.1 Å². The number of carbonyl (C=O) groups excluding carboxylic acids is 2. The van der Waals surface area contributed by atoms with Crippen molar-refractivity contribution < 1.29 is 29.0 Å². The first-order valence-corrected chi connectivity index (χ1v) is 12.2. The molecular weight excluding hydrogens is 448 g/mol. The molecule has 2 heterocycles. The standard InChI is InChI=1S/C27H30N2O6/c30-24(29-13-5-10-23(29)25(31)32)16-27(11-14-34-15-12-27)28-26(33)35-17-22-20-8-3-1-6-18(20)19-7-2-4-9-21(19)22/h1-4,6-9,22-23H,5,10-17H2,(H,28,33)(H,31,32). The maximum Gasteiger partial charge on any atom is 0.407 e. The lowest BCUT2D eigenvalue weighted by atomic mass is 9.86. The van der Waals surface area contributed by atoms with Crippen molar-refractivity contribution >= 4 is 18.0 Å². The van der Waals surface area contributed by atoms with Crippen LogP contribution in [0.25, 0.3) is 11.1 Å². The molecule has 2 aromatic rings. The molecule has 3 aliphatic rings. The SMILES string of the molecule is O=C(NC1(CC(=O)N2CCCC2C(=O)O)CCOCC1)OCC1c2ccccc2-c2ccccc21. The molecule has 0 saturated carbocycles. The molecule has 35 heavy (non-hydrogen) atoms. The average molecular weight is 479 g/mol. The van der Waals surface area contributed by atoms with Crippen molar-refractivity contribution in [2.45, 2.75) is 49.6 Å². The van der Waals surface area contributed by atoms with Crippen LogP contribution in [0.4, 0.5) is 4.79 Å². The summed E-state index contributed by atoms with van der Waals surface area (Å²) in [5, 5.41) is 12.4. The number of rotatable bonds is 6. The molecule has 184 valence electrons. The van der Waals surface area contributed by atoms with Gasteiger partial charge < -0.3 is 24.8 Å². The molecule has 0 radical (unpaired) electrons. The summed E-state index contributed by atoms with van der Waals surface area (Å²) in [5.74, 6) is -1.29. The highest BCUT2D eigenvalue weighted by Crippen LogP contribution is 2.44. The van der Waals surface area contributed by atoms with E-state index in [0.717, 1.165) is 22.3 Å². The number of nitrogens with zero attached hydrogens (tertiary/aromatic N) is 1. The van der Waals surface area contributed by atoms with Gasteiger partial charge in [0.15, 0.2) is 0 Å². The number of hydrogen-bond acceptors (Lipinski definition) is 5. The maximum atomic E-state index is 13.1. The molecule has 8 nitrogen and oxygen atoms in total. The Hall–Kier alpha value is -3.39. The first kappa shape index (κ1) is 23.4. The highest BCUT2D eigenvalue weighted by molar-refractivity contribution is 5.85. The third-order valence-electron chi connectivity index (χ3n) is 7.51. The topological polar surface area (TPSA) is 105 Å². The fraction of sp³-hybridized carbons (Fsp3) is 0.444. The third kappa shape index (κ3) is 4.62. The van der Waals surface area contributed by atoms with Crippen LogP contribution in [0.5, 0.6) is 0 Å². The summed E-state index contributed by atoms with van der Waals surface area (Å²) in [6.45, 7) is 1.44. The number of carboxylic acid groups (broad SMARTS) is 1. The van der Waals surface area contributed by atoms with Crippen LogP contribution in [0.1, 0.15) is 49.1 Å². The summed E-state index contributed by atoms with van der Waals surface area (Å²) < 4.78 is 11.2. The second kappa shape index (κ2) is 9.70. The van der Waals surface area contributed by atoms with Gasteiger partial charge in [0.25, 0.3) is 0 Å². The quantitative estimate of drug-likeness (QED) is 0.658. The summed E-state index contributed by atoms with van der Waals surface area (Å²) in [5.41, 5.74) is 3.76. The number of ether oxygens (including phenoxy) is 2. The van der Waals surface area contributed by atoms with Crippen molar-refractivity contribution in [2.24, 2.45) is 0 Å². The van der Waals surface area contributed by atoms with E-state index in [-0.39, 0.29) is 24.9 Å². The van der Waals surface area contributed by atoms with Crippen LogP contribution in [0.2, 0.25) is 0 Å². The van der Waals surface area contributed by atoms with E-state index in [9.17, 15) is 19.5 Å². The predicted molar refractivity (Wildman–Crippen MR) is 128 cm³/mol. The third-order valence-corrected chi connectivity index (χ3v) is 7.51. The monoisotopic (exact) mass is 478 g/mol. The molecule has 8 heteroatoms. The summed E-state index contributed by atoms with van der Waals surface area (Å²) >= 11 is 0. The smallest absolute Gasteiger partial charge is 0.407 e. The first-order valence-electron chi connectivity index (χ1n) is 12.2. The lowest BCUT2D eigenvalue weighted by Gasteiger charge is -2.38. The highest BCUT2D eigenvalue weighted by atomic mass is 16.5. The second-order valence-corrected chi connectivity index (χ2v) is 9.60. The minimum absolute atomic E-state index is 0.0321. The average Bonchev–Trinajstić information content (AvgIpc) is 3.47. The molecular formula is C27H30N2O6. The maximum absolute atomic E-state index is 13.1. The fourth-order valence-corrected chi connectivity index (χ4v) is 5.67. The number of aliphatic carboxylic acids is 1. The number of hydrogen-bond donors (Lipinski definition) is 2. The number of fused-ring (bicyclic) bond motifs is 3. The number of carboxylic acids is 1. The van der Waals surface area contributed by atoms with Gasteiger partial charge in [-0.05, 0) is 47.9 Å². The molecule has 0 bridgehead atoms. The minimum Gasteiger partial charge on any atom is -0.480 e. The largest absolute Gasteiger partial charge is 0.480 e.